The van der Waals surface area contributed by atoms with Gasteiger partial charge in [-0.15, -0.1) is 0 Å². The van der Waals surface area contributed by atoms with Crippen molar-refractivity contribution < 1.29 is 9.90 Å². The summed E-state index contributed by atoms with van der Waals surface area (Å²) in [5, 5.41) is 10.1. The first-order valence-corrected chi connectivity index (χ1v) is 5.57. The highest BCUT2D eigenvalue weighted by atomic mass is 79.9. The number of aliphatic hydroxyl groups excluding tert-OH is 1. The fourth-order valence-electron chi connectivity index (χ4n) is 0.985. The van der Waals surface area contributed by atoms with Crippen LogP contribution in [0.3, 0.4) is 0 Å². The standard InChI is InChI=1S/C11H16BrNO2/c1-5-6-8(2)10(14)9(7-12)11(15)13(3)4/h5-6,14H,1,7H2,2-4H3/b8-6-,10-9-. The summed E-state index contributed by atoms with van der Waals surface area (Å²) >= 11 is 3.19. The maximum absolute atomic E-state index is 11.6. The number of rotatable bonds is 4. The normalized spacial score (nSPS) is 13.2. The van der Waals surface area contributed by atoms with E-state index in [1.807, 2.05) is 0 Å². The van der Waals surface area contributed by atoms with E-state index in [1.165, 1.54) is 4.90 Å². The number of allylic oxidation sites excluding steroid dienone is 3. The van der Waals surface area contributed by atoms with Gasteiger partial charge in [0.05, 0.1) is 5.57 Å². The number of aliphatic hydroxyl groups is 1. The summed E-state index contributed by atoms with van der Waals surface area (Å²) in [5.74, 6) is -0.202. The lowest BCUT2D eigenvalue weighted by Gasteiger charge is -2.13. The summed E-state index contributed by atoms with van der Waals surface area (Å²) in [7, 11) is 3.29. The second kappa shape index (κ2) is 6.45. The molecule has 0 radical (unpaired) electrons. The third kappa shape index (κ3) is 3.91. The highest BCUT2D eigenvalue weighted by Gasteiger charge is 2.16. The molecular weight excluding hydrogens is 258 g/mol. The number of alkyl halides is 1. The van der Waals surface area contributed by atoms with Gasteiger partial charge in [0, 0.05) is 19.4 Å². The molecule has 3 nitrogen and oxygen atoms in total. The summed E-state index contributed by atoms with van der Waals surface area (Å²) < 4.78 is 0. The molecule has 0 aliphatic heterocycles. The number of amides is 1. The maximum atomic E-state index is 11.6. The highest BCUT2D eigenvalue weighted by molar-refractivity contribution is 9.09. The van der Waals surface area contributed by atoms with E-state index in [9.17, 15) is 9.90 Å². The van der Waals surface area contributed by atoms with Gasteiger partial charge >= 0.3 is 0 Å². The highest BCUT2D eigenvalue weighted by Crippen LogP contribution is 2.15. The van der Waals surface area contributed by atoms with Crippen molar-refractivity contribution in [3.63, 3.8) is 0 Å². The summed E-state index contributed by atoms with van der Waals surface area (Å²) in [6, 6.07) is 0. The summed E-state index contributed by atoms with van der Waals surface area (Å²) in [4.78, 5) is 13.1. The zero-order valence-corrected chi connectivity index (χ0v) is 10.8. The Morgan fingerprint density at radius 3 is 2.40 bits per heavy atom. The van der Waals surface area contributed by atoms with Crippen molar-refractivity contribution in [1.82, 2.24) is 4.90 Å². The van der Waals surface area contributed by atoms with Crippen molar-refractivity contribution in [2.75, 3.05) is 19.4 Å². The molecule has 0 bridgehead atoms. The van der Waals surface area contributed by atoms with E-state index in [4.69, 9.17) is 0 Å². The zero-order valence-electron chi connectivity index (χ0n) is 9.25. The summed E-state index contributed by atoms with van der Waals surface area (Å²) in [5.41, 5.74) is 0.963. The molecule has 15 heavy (non-hydrogen) atoms. The van der Waals surface area contributed by atoms with E-state index in [0.29, 0.717) is 16.5 Å². The van der Waals surface area contributed by atoms with E-state index >= 15 is 0 Å². The molecule has 0 saturated heterocycles. The number of carbonyl (C=O) groups excluding carboxylic acids is 1. The molecule has 1 N–H and O–H groups in total. The molecule has 0 saturated carbocycles. The van der Waals surface area contributed by atoms with Crippen LogP contribution in [-0.4, -0.2) is 35.3 Å². The second-order valence-electron chi connectivity index (χ2n) is 3.25. The molecule has 0 aromatic carbocycles. The van der Waals surface area contributed by atoms with Gasteiger partial charge in [0.1, 0.15) is 5.76 Å². The van der Waals surface area contributed by atoms with Crippen molar-refractivity contribution in [3.8, 4) is 0 Å². The summed E-state index contributed by atoms with van der Waals surface area (Å²) in [6.45, 7) is 5.26. The number of halogens is 1. The quantitative estimate of drug-likeness (QED) is 0.370. The minimum atomic E-state index is -0.207. The van der Waals surface area contributed by atoms with Crippen molar-refractivity contribution in [2.24, 2.45) is 0 Å². The first-order chi connectivity index (χ1) is 6.95. The van der Waals surface area contributed by atoms with Crippen LogP contribution in [0.25, 0.3) is 0 Å². The minimum absolute atomic E-state index is 0.00507. The monoisotopic (exact) mass is 273 g/mol. The Balaban J connectivity index is 5.24. The van der Waals surface area contributed by atoms with Gasteiger partial charge in [0.2, 0.25) is 0 Å². The molecule has 0 aliphatic rings. The number of hydrogen-bond acceptors (Lipinski definition) is 2. The van der Waals surface area contributed by atoms with Crippen molar-refractivity contribution >= 4 is 21.8 Å². The topological polar surface area (TPSA) is 40.5 Å². The average molecular weight is 274 g/mol. The molecule has 0 unspecified atom stereocenters. The molecule has 1 amide bonds. The van der Waals surface area contributed by atoms with E-state index in [-0.39, 0.29) is 11.7 Å². The molecule has 0 fully saturated rings. The molecule has 0 aromatic rings. The van der Waals surface area contributed by atoms with Gasteiger partial charge in [-0.25, -0.2) is 0 Å². The van der Waals surface area contributed by atoms with Crippen LogP contribution >= 0.6 is 15.9 Å². The van der Waals surface area contributed by atoms with E-state index in [1.54, 1.807) is 33.2 Å². The second-order valence-corrected chi connectivity index (χ2v) is 3.81. The summed E-state index contributed by atoms with van der Waals surface area (Å²) in [6.07, 6.45) is 3.22. The van der Waals surface area contributed by atoms with Gasteiger partial charge < -0.3 is 10.0 Å². The van der Waals surface area contributed by atoms with Gasteiger partial charge in [0.25, 0.3) is 5.91 Å². The molecule has 4 heteroatoms. The molecule has 0 atom stereocenters. The zero-order chi connectivity index (χ0) is 12.0. The number of nitrogens with zero attached hydrogens (tertiary/aromatic N) is 1. The van der Waals surface area contributed by atoms with Gasteiger partial charge in [-0.3, -0.25) is 4.79 Å². The Morgan fingerprint density at radius 1 is 1.53 bits per heavy atom. The fraction of sp³-hybridized carbons (Fsp3) is 0.364. The molecule has 0 spiro atoms. The number of carbonyl (C=O) groups is 1. The van der Waals surface area contributed by atoms with Crippen LogP contribution < -0.4 is 0 Å². The van der Waals surface area contributed by atoms with Crippen LogP contribution in [0.5, 0.6) is 0 Å². The lowest BCUT2D eigenvalue weighted by molar-refractivity contribution is -0.124. The van der Waals surface area contributed by atoms with Gasteiger partial charge in [-0.2, -0.15) is 0 Å². The number of likely N-dealkylation sites (N-methyl/N-ethyl adjacent to an activating group) is 1. The first-order valence-electron chi connectivity index (χ1n) is 4.45. The van der Waals surface area contributed by atoms with E-state index in [2.05, 4.69) is 22.5 Å². The minimum Gasteiger partial charge on any atom is -0.507 e. The molecule has 0 aliphatic carbocycles. The average Bonchev–Trinajstić information content (AvgIpc) is 2.18. The smallest absolute Gasteiger partial charge is 0.253 e. The van der Waals surface area contributed by atoms with Gasteiger partial charge in [-0.05, 0) is 12.5 Å². The van der Waals surface area contributed by atoms with Crippen LogP contribution in [0.15, 0.2) is 35.6 Å². The van der Waals surface area contributed by atoms with Crippen molar-refractivity contribution in [3.05, 3.63) is 35.6 Å². The largest absolute Gasteiger partial charge is 0.507 e. The van der Waals surface area contributed by atoms with E-state index in [0.717, 1.165) is 0 Å². The first kappa shape index (κ1) is 14.0. The Hall–Kier alpha value is -1.03. The Morgan fingerprint density at radius 2 is 2.07 bits per heavy atom. The lowest BCUT2D eigenvalue weighted by Crippen LogP contribution is -2.25. The SMILES string of the molecule is C=C/C=C(C)\C(O)=C(/CBr)C(=O)N(C)C. The Kier molecular flexibility index (Phi) is 6.01. The van der Waals surface area contributed by atoms with Gasteiger partial charge in [0.15, 0.2) is 0 Å². The predicted molar refractivity (Wildman–Crippen MR) is 66.1 cm³/mol. The Bertz CT molecular complexity index is 317. The van der Waals surface area contributed by atoms with Crippen molar-refractivity contribution in [2.45, 2.75) is 6.92 Å². The van der Waals surface area contributed by atoms with Crippen LogP contribution in [0.2, 0.25) is 0 Å². The molecular formula is C11H16BrNO2. The van der Waals surface area contributed by atoms with Crippen LogP contribution in [0.1, 0.15) is 6.92 Å². The van der Waals surface area contributed by atoms with E-state index < -0.39 is 0 Å². The maximum Gasteiger partial charge on any atom is 0.253 e. The third-order valence-electron chi connectivity index (χ3n) is 1.83. The lowest BCUT2D eigenvalue weighted by atomic mass is 10.1. The molecule has 0 aromatic heterocycles. The molecule has 0 rings (SSSR count). The van der Waals surface area contributed by atoms with Crippen LogP contribution in [0, 0.1) is 0 Å². The Labute approximate surface area is 98.9 Å². The molecule has 84 valence electrons. The van der Waals surface area contributed by atoms with Crippen LogP contribution in [-0.2, 0) is 4.79 Å². The molecule has 0 heterocycles. The number of hydrogen-bond donors (Lipinski definition) is 1. The van der Waals surface area contributed by atoms with Crippen LogP contribution in [0.4, 0.5) is 0 Å². The third-order valence-corrected chi connectivity index (χ3v) is 2.39. The fourth-order valence-corrected chi connectivity index (χ4v) is 1.49. The van der Waals surface area contributed by atoms with Gasteiger partial charge in [-0.1, -0.05) is 34.7 Å². The van der Waals surface area contributed by atoms with Crippen molar-refractivity contribution in [1.29, 1.82) is 0 Å². The predicted octanol–water partition coefficient (Wildman–Crippen LogP) is 2.41.